The summed E-state index contributed by atoms with van der Waals surface area (Å²) in [6.07, 6.45) is 3.48. The molecule has 4 rings (SSSR count). The first kappa shape index (κ1) is 20.2. The lowest BCUT2D eigenvalue weighted by atomic mass is 9.92. The molecule has 7 nitrogen and oxygen atoms in total. The molecule has 3 aromatic rings. The number of nitrogens with zero attached hydrogens (tertiary/aromatic N) is 2. The van der Waals surface area contributed by atoms with Gasteiger partial charge in [-0.05, 0) is 57.1 Å². The lowest BCUT2D eigenvalue weighted by Gasteiger charge is -2.36. The summed E-state index contributed by atoms with van der Waals surface area (Å²) >= 11 is 0. The Balaban J connectivity index is 1.97. The van der Waals surface area contributed by atoms with E-state index >= 15 is 0 Å². The number of non-ortho nitro benzene ring substituents is 1. The zero-order valence-corrected chi connectivity index (χ0v) is 17.6. The summed E-state index contributed by atoms with van der Waals surface area (Å²) in [4.78, 5) is 17.0. The maximum Gasteiger partial charge on any atom is 0.270 e. The van der Waals surface area contributed by atoms with Crippen molar-refractivity contribution >= 4 is 16.6 Å². The molecule has 1 fully saturated rings. The number of aryl methyl sites for hydroxylation is 1. The number of H-pyrrole nitrogens is 1. The van der Waals surface area contributed by atoms with Gasteiger partial charge in [0.25, 0.3) is 5.69 Å². The number of hydrogen-bond acceptors (Lipinski definition) is 5. The number of nitro benzene ring substituents is 1. The molecule has 0 bridgehead atoms. The Labute approximate surface area is 175 Å². The van der Waals surface area contributed by atoms with Gasteiger partial charge in [-0.15, -0.1) is 0 Å². The van der Waals surface area contributed by atoms with Gasteiger partial charge in [0.05, 0.1) is 25.2 Å². The van der Waals surface area contributed by atoms with Crippen LogP contribution in [0.4, 0.5) is 5.69 Å². The molecule has 7 heteroatoms. The molecule has 1 aliphatic heterocycles. The summed E-state index contributed by atoms with van der Waals surface area (Å²) in [6, 6.07) is 10.8. The minimum atomic E-state index is -0.340. The number of nitrogens with one attached hydrogen (secondary N) is 1. The number of methoxy groups -OCH3 is 2. The first-order chi connectivity index (χ1) is 14.5. The third-order valence-electron chi connectivity index (χ3n) is 5.99. The lowest BCUT2D eigenvalue weighted by molar-refractivity contribution is -0.384. The van der Waals surface area contributed by atoms with Crippen LogP contribution in [-0.2, 0) is 0 Å². The molecule has 2 aromatic carbocycles. The van der Waals surface area contributed by atoms with Crippen LogP contribution in [0.5, 0.6) is 11.5 Å². The van der Waals surface area contributed by atoms with Gasteiger partial charge in [-0.1, -0.05) is 6.42 Å². The van der Waals surface area contributed by atoms with Crippen molar-refractivity contribution in [2.24, 2.45) is 0 Å². The van der Waals surface area contributed by atoms with Gasteiger partial charge in [0.15, 0.2) is 0 Å². The van der Waals surface area contributed by atoms with E-state index in [1.54, 1.807) is 32.4 Å². The highest BCUT2D eigenvalue weighted by Crippen LogP contribution is 2.42. The fourth-order valence-electron chi connectivity index (χ4n) is 4.57. The Bertz CT molecular complexity index is 1070. The average Bonchev–Trinajstić information content (AvgIpc) is 3.09. The highest BCUT2D eigenvalue weighted by atomic mass is 16.6. The molecule has 0 aliphatic carbocycles. The molecule has 0 spiro atoms. The summed E-state index contributed by atoms with van der Waals surface area (Å²) in [5.74, 6) is 1.54. The van der Waals surface area contributed by atoms with Gasteiger partial charge in [0, 0.05) is 39.9 Å². The van der Waals surface area contributed by atoms with Crippen LogP contribution in [0.25, 0.3) is 10.9 Å². The molecule has 158 valence electrons. The van der Waals surface area contributed by atoms with Gasteiger partial charge in [0.1, 0.15) is 11.5 Å². The number of piperidine rings is 1. The van der Waals surface area contributed by atoms with Crippen LogP contribution in [0.2, 0.25) is 0 Å². The van der Waals surface area contributed by atoms with Crippen LogP contribution in [0.3, 0.4) is 0 Å². The molecule has 0 amide bonds. The quantitative estimate of drug-likeness (QED) is 0.459. The predicted octanol–water partition coefficient (Wildman–Crippen LogP) is 4.98. The topological polar surface area (TPSA) is 80.6 Å². The zero-order chi connectivity index (χ0) is 21.3. The Morgan fingerprint density at radius 2 is 1.83 bits per heavy atom. The van der Waals surface area contributed by atoms with Crippen LogP contribution < -0.4 is 9.47 Å². The van der Waals surface area contributed by atoms with Crippen LogP contribution in [0.1, 0.15) is 42.1 Å². The van der Waals surface area contributed by atoms with E-state index in [2.05, 4.69) is 9.88 Å². The molecule has 1 saturated heterocycles. The van der Waals surface area contributed by atoms with E-state index in [0.29, 0.717) is 0 Å². The highest BCUT2D eigenvalue weighted by molar-refractivity contribution is 5.87. The number of rotatable bonds is 6. The normalized spacial score (nSPS) is 15.8. The Hall–Kier alpha value is -3.06. The minimum absolute atomic E-state index is 0.0916. The largest absolute Gasteiger partial charge is 0.497 e. The van der Waals surface area contributed by atoms with E-state index in [1.165, 1.54) is 6.42 Å². The number of aromatic amines is 1. The van der Waals surface area contributed by atoms with E-state index in [0.717, 1.165) is 65.2 Å². The molecule has 1 atom stereocenters. The molecule has 1 unspecified atom stereocenters. The highest BCUT2D eigenvalue weighted by Gasteiger charge is 2.31. The summed E-state index contributed by atoms with van der Waals surface area (Å²) in [7, 11) is 3.33. The average molecular weight is 409 g/mol. The zero-order valence-electron chi connectivity index (χ0n) is 17.6. The van der Waals surface area contributed by atoms with Crippen molar-refractivity contribution < 1.29 is 14.4 Å². The molecule has 1 aromatic heterocycles. The van der Waals surface area contributed by atoms with Crippen molar-refractivity contribution in [3.8, 4) is 11.5 Å². The molecular weight excluding hydrogens is 382 g/mol. The first-order valence-corrected chi connectivity index (χ1v) is 10.3. The maximum absolute atomic E-state index is 11.4. The second-order valence-corrected chi connectivity index (χ2v) is 7.76. The number of hydrogen-bond donors (Lipinski definition) is 1. The summed E-state index contributed by atoms with van der Waals surface area (Å²) in [6.45, 7) is 3.96. The Morgan fingerprint density at radius 1 is 1.07 bits per heavy atom. The van der Waals surface area contributed by atoms with E-state index < -0.39 is 0 Å². The lowest BCUT2D eigenvalue weighted by Crippen LogP contribution is -2.34. The molecule has 1 aliphatic rings. The second kappa shape index (κ2) is 8.36. The fourth-order valence-corrected chi connectivity index (χ4v) is 4.57. The van der Waals surface area contributed by atoms with Gasteiger partial charge >= 0.3 is 0 Å². The standard InChI is InChI=1S/C23H27N3O4/c1-15-22(18-13-16(26(27)28)7-9-20(18)24-15)23(25-11-5-4-6-12-25)19-14-17(29-2)8-10-21(19)30-3/h7-10,13-14,23-24H,4-6,11-12H2,1-3H3. The van der Waals surface area contributed by atoms with Gasteiger partial charge in [-0.3, -0.25) is 15.0 Å². The van der Waals surface area contributed by atoms with E-state index in [1.807, 2.05) is 25.1 Å². The summed E-state index contributed by atoms with van der Waals surface area (Å²) < 4.78 is 11.2. The van der Waals surface area contributed by atoms with Crippen molar-refractivity contribution in [2.45, 2.75) is 32.2 Å². The number of likely N-dealkylation sites (tertiary alicyclic amines) is 1. The second-order valence-electron chi connectivity index (χ2n) is 7.76. The van der Waals surface area contributed by atoms with Crippen LogP contribution >= 0.6 is 0 Å². The minimum Gasteiger partial charge on any atom is -0.497 e. The van der Waals surface area contributed by atoms with Gasteiger partial charge in [-0.2, -0.15) is 0 Å². The van der Waals surface area contributed by atoms with Crippen molar-refractivity contribution in [1.82, 2.24) is 9.88 Å². The summed E-state index contributed by atoms with van der Waals surface area (Å²) in [5.41, 5.74) is 4.07. The van der Waals surface area contributed by atoms with E-state index in [9.17, 15) is 10.1 Å². The summed E-state index contributed by atoms with van der Waals surface area (Å²) in [5, 5.41) is 12.3. The van der Waals surface area contributed by atoms with Gasteiger partial charge in [0.2, 0.25) is 0 Å². The van der Waals surface area contributed by atoms with Crippen LogP contribution in [-0.4, -0.2) is 42.1 Å². The number of ether oxygens (including phenoxy) is 2. The van der Waals surface area contributed by atoms with Crippen LogP contribution in [0, 0.1) is 17.0 Å². The fraction of sp³-hybridized carbons (Fsp3) is 0.391. The molecule has 1 N–H and O–H groups in total. The smallest absolute Gasteiger partial charge is 0.270 e. The SMILES string of the molecule is COc1ccc(OC)c(C(c2c(C)[nH]c3ccc([N+](=O)[O-])cc23)N2CCCCC2)c1. The predicted molar refractivity (Wildman–Crippen MR) is 117 cm³/mol. The monoisotopic (exact) mass is 409 g/mol. The number of nitro groups is 1. The van der Waals surface area contributed by atoms with Crippen molar-refractivity contribution in [3.05, 3.63) is 63.3 Å². The first-order valence-electron chi connectivity index (χ1n) is 10.3. The molecule has 0 saturated carbocycles. The van der Waals surface area contributed by atoms with Crippen molar-refractivity contribution in [1.29, 1.82) is 0 Å². The van der Waals surface area contributed by atoms with Gasteiger partial charge in [-0.25, -0.2) is 0 Å². The van der Waals surface area contributed by atoms with Crippen molar-refractivity contribution in [3.63, 3.8) is 0 Å². The van der Waals surface area contributed by atoms with Crippen LogP contribution in [0.15, 0.2) is 36.4 Å². The number of fused-ring (bicyclic) bond motifs is 1. The van der Waals surface area contributed by atoms with E-state index in [-0.39, 0.29) is 16.7 Å². The van der Waals surface area contributed by atoms with Crippen molar-refractivity contribution in [2.75, 3.05) is 27.3 Å². The number of benzene rings is 2. The Kier molecular flexibility index (Phi) is 5.63. The third kappa shape index (κ3) is 3.61. The molecule has 2 heterocycles. The Morgan fingerprint density at radius 3 is 2.50 bits per heavy atom. The number of aromatic nitrogens is 1. The van der Waals surface area contributed by atoms with Gasteiger partial charge < -0.3 is 14.5 Å². The molecule has 0 radical (unpaired) electrons. The maximum atomic E-state index is 11.4. The molecular formula is C23H27N3O4. The molecule has 30 heavy (non-hydrogen) atoms. The third-order valence-corrected chi connectivity index (χ3v) is 5.99. The van der Waals surface area contributed by atoms with E-state index in [4.69, 9.17) is 9.47 Å².